The van der Waals surface area contributed by atoms with Gasteiger partial charge >= 0.3 is 5.69 Å². The number of hydrogen-bond acceptors (Lipinski definition) is 3. The Morgan fingerprint density at radius 2 is 1.79 bits per heavy atom. The van der Waals surface area contributed by atoms with Gasteiger partial charge in [0, 0.05) is 18.0 Å². The van der Waals surface area contributed by atoms with Gasteiger partial charge in [0.2, 0.25) is 5.82 Å². The van der Waals surface area contributed by atoms with Crippen molar-refractivity contribution in [2.75, 3.05) is 0 Å². The number of benzene rings is 2. The topological polar surface area (TPSA) is 52.4 Å². The minimum Gasteiger partial charge on any atom is -0.457 e. The van der Waals surface area contributed by atoms with E-state index >= 15 is 0 Å². The predicted molar refractivity (Wildman–Crippen MR) is 69.1 cm³/mol. The van der Waals surface area contributed by atoms with Crippen molar-refractivity contribution in [1.29, 1.82) is 0 Å². The summed E-state index contributed by atoms with van der Waals surface area (Å²) < 4.78 is 18.8. The molecular weight excluding hydrogens is 273 g/mol. The van der Waals surface area contributed by atoms with Crippen LogP contribution in [0.4, 0.5) is 10.1 Å². The van der Waals surface area contributed by atoms with Crippen LogP contribution in [0.2, 0.25) is 0 Å². The van der Waals surface area contributed by atoms with E-state index in [0.717, 1.165) is 17.7 Å². The van der Waals surface area contributed by atoms with Crippen LogP contribution in [0.1, 0.15) is 5.56 Å². The van der Waals surface area contributed by atoms with Gasteiger partial charge in [-0.1, -0.05) is 12.1 Å². The van der Waals surface area contributed by atoms with Gasteiger partial charge in [0.05, 0.1) is 4.92 Å². The molecule has 6 heteroatoms. The van der Waals surface area contributed by atoms with Crippen molar-refractivity contribution in [1.82, 2.24) is 0 Å². The lowest BCUT2D eigenvalue weighted by Gasteiger charge is -2.06. The normalized spacial score (nSPS) is 10.2. The fourth-order valence-corrected chi connectivity index (χ4v) is 1.66. The van der Waals surface area contributed by atoms with Crippen LogP contribution < -0.4 is 4.74 Å². The molecule has 98 valence electrons. The molecule has 0 saturated carbocycles. The van der Waals surface area contributed by atoms with E-state index in [0.29, 0.717) is 11.6 Å². The molecule has 2 aromatic rings. The van der Waals surface area contributed by atoms with Gasteiger partial charge in [0.25, 0.3) is 0 Å². The summed E-state index contributed by atoms with van der Waals surface area (Å²) in [7, 11) is 0. The SMILES string of the molecule is O=[N+]([O-])c1ccc(Oc2ccc(CCl)cc2)cc1F. The molecule has 0 bridgehead atoms. The first kappa shape index (κ1) is 13.3. The second-order valence-electron chi connectivity index (χ2n) is 3.75. The maximum Gasteiger partial charge on any atom is 0.305 e. The average molecular weight is 282 g/mol. The second-order valence-corrected chi connectivity index (χ2v) is 4.02. The maximum absolute atomic E-state index is 13.4. The lowest BCUT2D eigenvalue weighted by Crippen LogP contribution is -1.93. The Morgan fingerprint density at radius 1 is 1.16 bits per heavy atom. The highest BCUT2D eigenvalue weighted by molar-refractivity contribution is 6.17. The number of nitro groups is 1. The van der Waals surface area contributed by atoms with Gasteiger partial charge < -0.3 is 4.74 Å². The minimum atomic E-state index is -0.931. The van der Waals surface area contributed by atoms with E-state index in [1.165, 1.54) is 6.07 Å². The van der Waals surface area contributed by atoms with E-state index in [2.05, 4.69) is 0 Å². The zero-order valence-corrected chi connectivity index (χ0v) is 10.4. The second kappa shape index (κ2) is 5.67. The number of ether oxygens (including phenoxy) is 1. The Bertz CT molecular complexity index is 601. The Balaban J connectivity index is 2.18. The molecule has 0 heterocycles. The first-order valence-corrected chi connectivity index (χ1v) is 5.90. The molecular formula is C13H9ClFNO3. The molecule has 0 aliphatic heterocycles. The summed E-state index contributed by atoms with van der Waals surface area (Å²) in [6.07, 6.45) is 0. The van der Waals surface area contributed by atoms with Crippen molar-refractivity contribution < 1.29 is 14.1 Å². The summed E-state index contributed by atoms with van der Waals surface area (Å²) in [5.74, 6) is 0.163. The molecule has 2 rings (SSSR count). The summed E-state index contributed by atoms with van der Waals surface area (Å²) in [6.45, 7) is 0. The van der Waals surface area contributed by atoms with Gasteiger partial charge in [-0.2, -0.15) is 4.39 Å². The third-order valence-corrected chi connectivity index (χ3v) is 2.74. The Hall–Kier alpha value is -2.14. The number of alkyl halides is 1. The molecule has 0 amide bonds. The largest absolute Gasteiger partial charge is 0.457 e. The van der Waals surface area contributed by atoms with E-state index in [4.69, 9.17) is 16.3 Å². The van der Waals surface area contributed by atoms with E-state index in [1.54, 1.807) is 24.3 Å². The summed E-state index contributed by atoms with van der Waals surface area (Å²) in [4.78, 5) is 9.69. The molecule has 0 aromatic heterocycles. The van der Waals surface area contributed by atoms with Crippen molar-refractivity contribution in [3.63, 3.8) is 0 Å². The lowest BCUT2D eigenvalue weighted by atomic mass is 10.2. The van der Waals surface area contributed by atoms with Gasteiger partial charge in [-0.05, 0) is 23.8 Å². The zero-order valence-electron chi connectivity index (χ0n) is 9.68. The van der Waals surface area contributed by atoms with Crippen molar-refractivity contribution >= 4 is 17.3 Å². The van der Waals surface area contributed by atoms with Crippen LogP contribution in [0.5, 0.6) is 11.5 Å². The molecule has 0 N–H and O–H groups in total. The smallest absolute Gasteiger partial charge is 0.305 e. The summed E-state index contributed by atoms with van der Waals surface area (Å²) in [6, 6.07) is 10.3. The van der Waals surface area contributed by atoms with Crippen LogP contribution in [0, 0.1) is 15.9 Å². The number of hydrogen-bond donors (Lipinski definition) is 0. The van der Waals surface area contributed by atoms with E-state index < -0.39 is 16.4 Å². The maximum atomic E-state index is 13.4. The van der Waals surface area contributed by atoms with Crippen LogP contribution in [0.25, 0.3) is 0 Å². The quantitative estimate of drug-likeness (QED) is 0.478. The molecule has 0 saturated heterocycles. The standard InChI is InChI=1S/C13H9ClFNO3/c14-8-9-1-3-10(4-2-9)19-11-5-6-13(16(17)18)12(15)7-11/h1-7H,8H2. The molecule has 0 aliphatic rings. The van der Waals surface area contributed by atoms with Gasteiger partial charge in [-0.15, -0.1) is 11.6 Å². The fraction of sp³-hybridized carbons (Fsp3) is 0.0769. The summed E-state index contributed by atoms with van der Waals surface area (Å²) >= 11 is 5.65. The number of nitrogens with zero attached hydrogens (tertiary/aromatic N) is 1. The molecule has 0 atom stereocenters. The van der Waals surface area contributed by atoms with Crippen molar-refractivity contribution in [3.05, 3.63) is 64.0 Å². The molecule has 2 aromatic carbocycles. The first-order chi connectivity index (χ1) is 9.10. The predicted octanol–water partition coefficient (Wildman–Crippen LogP) is 4.27. The van der Waals surface area contributed by atoms with E-state index in [9.17, 15) is 14.5 Å². The van der Waals surface area contributed by atoms with E-state index in [-0.39, 0.29) is 5.75 Å². The average Bonchev–Trinajstić information content (AvgIpc) is 2.39. The van der Waals surface area contributed by atoms with Gasteiger partial charge in [-0.3, -0.25) is 10.1 Å². The zero-order chi connectivity index (χ0) is 13.8. The van der Waals surface area contributed by atoms with Crippen molar-refractivity contribution in [2.45, 2.75) is 5.88 Å². The highest BCUT2D eigenvalue weighted by Crippen LogP contribution is 2.26. The van der Waals surface area contributed by atoms with Crippen LogP contribution in [0.3, 0.4) is 0 Å². The monoisotopic (exact) mass is 281 g/mol. The van der Waals surface area contributed by atoms with Crippen LogP contribution in [0.15, 0.2) is 42.5 Å². The molecule has 0 unspecified atom stereocenters. The first-order valence-electron chi connectivity index (χ1n) is 5.37. The molecule has 0 aliphatic carbocycles. The Kier molecular flexibility index (Phi) is 3.97. The lowest BCUT2D eigenvalue weighted by molar-refractivity contribution is -0.387. The van der Waals surface area contributed by atoms with Gasteiger partial charge in [0.15, 0.2) is 0 Å². The fourth-order valence-electron chi connectivity index (χ4n) is 1.48. The Labute approximate surface area is 113 Å². The molecule has 4 nitrogen and oxygen atoms in total. The number of halogens is 2. The third kappa shape index (κ3) is 3.20. The van der Waals surface area contributed by atoms with Crippen LogP contribution in [-0.4, -0.2) is 4.92 Å². The summed E-state index contributed by atoms with van der Waals surface area (Å²) in [5, 5.41) is 10.5. The molecule has 0 spiro atoms. The van der Waals surface area contributed by atoms with E-state index in [1.807, 2.05) is 0 Å². The highest BCUT2D eigenvalue weighted by atomic mass is 35.5. The molecule has 19 heavy (non-hydrogen) atoms. The Morgan fingerprint density at radius 3 is 2.32 bits per heavy atom. The highest BCUT2D eigenvalue weighted by Gasteiger charge is 2.14. The molecule has 0 radical (unpaired) electrons. The third-order valence-electron chi connectivity index (χ3n) is 2.43. The van der Waals surface area contributed by atoms with Crippen LogP contribution in [-0.2, 0) is 5.88 Å². The number of rotatable bonds is 4. The van der Waals surface area contributed by atoms with Gasteiger partial charge in [0.1, 0.15) is 11.5 Å². The van der Waals surface area contributed by atoms with Crippen molar-refractivity contribution in [3.8, 4) is 11.5 Å². The van der Waals surface area contributed by atoms with Crippen LogP contribution >= 0.6 is 11.6 Å². The minimum absolute atomic E-state index is 0.196. The molecule has 0 fully saturated rings. The number of nitro benzene ring substituents is 1. The van der Waals surface area contributed by atoms with Gasteiger partial charge in [-0.25, -0.2) is 0 Å². The summed E-state index contributed by atoms with van der Waals surface area (Å²) in [5.41, 5.74) is 0.355. The van der Waals surface area contributed by atoms with Crippen molar-refractivity contribution in [2.24, 2.45) is 0 Å².